The molecule has 3 nitrogen and oxygen atoms in total. The van der Waals surface area contributed by atoms with Crippen molar-refractivity contribution in [3.05, 3.63) is 10.0 Å². The Morgan fingerprint density at radius 1 is 1.47 bits per heavy atom. The van der Waals surface area contributed by atoms with Crippen LogP contribution in [-0.4, -0.2) is 11.5 Å². The van der Waals surface area contributed by atoms with Crippen LogP contribution in [0.3, 0.4) is 0 Å². The van der Waals surface area contributed by atoms with Crippen molar-refractivity contribution in [3.8, 4) is 6.07 Å². The Morgan fingerprint density at radius 3 is 2.68 bits per heavy atom. The fourth-order valence-corrected chi connectivity index (χ4v) is 4.10. The van der Waals surface area contributed by atoms with Crippen molar-refractivity contribution in [2.24, 2.45) is 11.3 Å². The molecular weight excluding hydrogens is 278 g/mol. The minimum Gasteiger partial charge on any atom is -0.361 e. The molecule has 2 rings (SSSR count). The van der Waals surface area contributed by atoms with Gasteiger partial charge in [0.15, 0.2) is 10.3 Å². The molecule has 104 valence electrons. The molecule has 1 aliphatic carbocycles. The van der Waals surface area contributed by atoms with Crippen molar-refractivity contribution < 1.29 is 0 Å². The van der Waals surface area contributed by atoms with E-state index in [2.05, 4.69) is 30.2 Å². The Bertz CT molecular complexity index is 470. The summed E-state index contributed by atoms with van der Waals surface area (Å²) in [6.45, 7) is 5.52. The third kappa shape index (κ3) is 3.61. The van der Waals surface area contributed by atoms with Crippen LogP contribution in [0.1, 0.15) is 50.8 Å². The van der Waals surface area contributed by atoms with Crippen molar-refractivity contribution in [2.45, 2.75) is 46.0 Å². The molecule has 0 atom stereocenters. The maximum atomic E-state index is 8.89. The van der Waals surface area contributed by atoms with Crippen LogP contribution in [0.15, 0.2) is 0 Å². The summed E-state index contributed by atoms with van der Waals surface area (Å²) in [6, 6.07) is 2.07. The molecule has 0 bridgehead atoms. The molecule has 0 aromatic carbocycles. The Labute approximate surface area is 124 Å². The summed E-state index contributed by atoms with van der Waals surface area (Å²) in [5, 5.41) is 13.4. The molecule has 1 heterocycles. The molecule has 1 aromatic heterocycles. The number of anilines is 1. The normalized spacial score (nSPS) is 17.6. The number of aromatic nitrogens is 1. The lowest BCUT2D eigenvalue weighted by molar-refractivity contribution is 0.252. The first-order valence-electron chi connectivity index (χ1n) is 6.85. The fourth-order valence-electron chi connectivity index (χ4n) is 3.15. The number of nitriles is 1. The summed E-state index contributed by atoms with van der Waals surface area (Å²) in [5.41, 5.74) is 0.402. The van der Waals surface area contributed by atoms with Crippen LogP contribution in [0.25, 0.3) is 0 Å². The zero-order valence-electron chi connectivity index (χ0n) is 11.5. The van der Waals surface area contributed by atoms with Crippen LogP contribution in [0.2, 0.25) is 5.15 Å². The van der Waals surface area contributed by atoms with Crippen molar-refractivity contribution in [3.63, 3.8) is 0 Å². The third-order valence-corrected chi connectivity index (χ3v) is 5.11. The van der Waals surface area contributed by atoms with Gasteiger partial charge in [0.05, 0.1) is 0 Å². The lowest BCUT2D eigenvalue weighted by Gasteiger charge is -2.31. The van der Waals surface area contributed by atoms with Gasteiger partial charge in [0.1, 0.15) is 10.9 Å². The summed E-state index contributed by atoms with van der Waals surface area (Å²) in [5.74, 6) is 0.717. The molecule has 1 N–H and O–H groups in total. The van der Waals surface area contributed by atoms with Gasteiger partial charge in [-0.15, -0.1) is 0 Å². The van der Waals surface area contributed by atoms with E-state index in [-0.39, 0.29) is 0 Å². The van der Waals surface area contributed by atoms with Crippen LogP contribution < -0.4 is 5.32 Å². The van der Waals surface area contributed by atoms with E-state index in [9.17, 15) is 0 Å². The maximum absolute atomic E-state index is 8.89. The number of nitrogens with one attached hydrogen (secondary N) is 1. The highest BCUT2D eigenvalue weighted by Crippen LogP contribution is 2.43. The summed E-state index contributed by atoms with van der Waals surface area (Å²) in [4.78, 5) is 4.70. The molecule has 0 unspecified atom stereocenters. The highest BCUT2D eigenvalue weighted by Gasteiger charge is 2.34. The van der Waals surface area contributed by atoms with Gasteiger partial charge >= 0.3 is 0 Å². The highest BCUT2D eigenvalue weighted by molar-refractivity contribution is 7.16. The molecule has 5 heteroatoms. The minimum absolute atomic E-state index is 0.319. The molecule has 0 spiro atoms. The van der Waals surface area contributed by atoms with Crippen LogP contribution in [0.5, 0.6) is 0 Å². The Balaban J connectivity index is 2.00. The number of nitrogens with zero attached hydrogens (tertiary/aromatic N) is 2. The summed E-state index contributed by atoms with van der Waals surface area (Å²) < 4.78 is 0. The second-order valence-electron chi connectivity index (χ2n) is 5.91. The number of rotatable bonds is 5. The number of halogens is 1. The van der Waals surface area contributed by atoms with Gasteiger partial charge in [0.2, 0.25) is 0 Å². The lowest BCUT2D eigenvalue weighted by atomic mass is 9.78. The second-order valence-corrected chi connectivity index (χ2v) is 7.27. The van der Waals surface area contributed by atoms with Gasteiger partial charge in [-0.1, -0.05) is 49.6 Å². The predicted molar refractivity (Wildman–Crippen MR) is 80.7 cm³/mol. The smallest absolute Gasteiger partial charge is 0.185 e. The van der Waals surface area contributed by atoms with Crippen LogP contribution >= 0.6 is 22.9 Å². The van der Waals surface area contributed by atoms with Gasteiger partial charge in [-0.2, -0.15) is 5.26 Å². The minimum atomic E-state index is 0.319. The highest BCUT2D eigenvalue weighted by atomic mass is 35.5. The molecule has 0 aliphatic heterocycles. The average Bonchev–Trinajstić information content (AvgIpc) is 2.93. The molecule has 1 aliphatic rings. The van der Waals surface area contributed by atoms with Crippen molar-refractivity contribution in [2.75, 3.05) is 11.9 Å². The van der Waals surface area contributed by atoms with Crippen LogP contribution in [0, 0.1) is 22.7 Å². The van der Waals surface area contributed by atoms with Gasteiger partial charge in [-0.25, -0.2) is 4.98 Å². The largest absolute Gasteiger partial charge is 0.361 e. The van der Waals surface area contributed by atoms with Gasteiger partial charge in [-0.3, -0.25) is 0 Å². The standard InChI is InChI=1S/C14H20ClN3S/c1-10(2)7-14(5-3-4-6-14)9-17-13-18-12(15)11(8-16)19-13/h10H,3-7,9H2,1-2H3,(H,17,18). The molecule has 0 radical (unpaired) electrons. The zero-order valence-corrected chi connectivity index (χ0v) is 13.1. The molecule has 1 fully saturated rings. The molecule has 0 saturated heterocycles. The predicted octanol–water partition coefficient (Wildman–Crippen LogP) is 4.69. The molecule has 1 aromatic rings. The van der Waals surface area contributed by atoms with E-state index in [1.807, 2.05) is 0 Å². The fraction of sp³-hybridized carbons (Fsp3) is 0.714. The number of hydrogen-bond donors (Lipinski definition) is 1. The van der Waals surface area contributed by atoms with Crippen LogP contribution in [-0.2, 0) is 0 Å². The van der Waals surface area contributed by atoms with E-state index in [1.165, 1.54) is 43.4 Å². The zero-order chi connectivity index (χ0) is 13.9. The summed E-state index contributed by atoms with van der Waals surface area (Å²) in [7, 11) is 0. The van der Waals surface area contributed by atoms with Gasteiger partial charge in [0, 0.05) is 6.54 Å². The molecular formula is C14H20ClN3S. The molecule has 0 amide bonds. The Hall–Kier alpha value is -0.790. The quantitative estimate of drug-likeness (QED) is 0.858. The van der Waals surface area contributed by atoms with Gasteiger partial charge in [0.25, 0.3) is 0 Å². The third-order valence-electron chi connectivity index (χ3n) is 3.81. The number of hydrogen-bond acceptors (Lipinski definition) is 4. The number of thiazole rings is 1. The first-order valence-corrected chi connectivity index (χ1v) is 8.04. The van der Waals surface area contributed by atoms with Crippen LogP contribution in [0.4, 0.5) is 5.13 Å². The Kier molecular flexibility index (Phi) is 4.70. The first-order chi connectivity index (χ1) is 9.04. The van der Waals surface area contributed by atoms with E-state index < -0.39 is 0 Å². The Morgan fingerprint density at radius 2 is 2.16 bits per heavy atom. The van der Waals surface area contributed by atoms with E-state index in [0.717, 1.165) is 17.6 Å². The summed E-state index contributed by atoms with van der Waals surface area (Å²) >= 11 is 7.24. The van der Waals surface area contributed by atoms with Gasteiger partial charge in [-0.05, 0) is 30.6 Å². The lowest BCUT2D eigenvalue weighted by Crippen LogP contribution is -2.28. The van der Waals surface area contributed by atoms with Crippen molar-refractivity contribution >= 4 is 28.1 Å². The molecule has 1 saturated carbocycles. The SMILES string of the molecule is CC(C)CC1(CNc2nc(Cl)c(C#N)s2)CCCC1. The molecule has 19 heavy (non-hydrogen) atoms. The van der Waals surface area contributed by atoms with E-state index in [4.69, 9.17) is 16.9 Å². The van der Waals surface area contributed by atoms with Gasteiger partial charge < -0.3 is 5.32 Å². The van der Waals surface area contributed by atoms with E-state index >= 15 is 0 Å². The summed E-state index contributed by atoms with van der Waals surface area (Å²) in [6.07, 6.45) is 6.50. The first kappa shape index (κ1) is 14.6. The van der Waals surface area contributed by atoms with Crippen molar-refractivity contribution in [1.29, 1.82) is 5.26 Å². The average molecular weight is 298 g/mol. The maximum Gasteiger partial charge on any atom is 0.185 e. The van der Waals surface area contributed by atoms with E-state index in [1.54, 1.807) is 0 Å². The topological polar surface area (TPSA) is 48.7 Å². The van der Waals surface area contributed by atoms with Crippen molar-refractivity contribution in [1.82, 2.24) is 4.98 Å². The second kappa shape index (κ2) is 6.11. The monoisotopic (exact) mass is 297 g/mol. The van der Waals surface area contributed by atoms with E-state index in [0.29, 0.717) is 15.4 Å².